The average Bonchev–Trinajstić information content (AvgIpc) is 3.91. The maximum absolute atomic E-state index is 12.2. The lowest BCUT2D eigenvalue weighted by atomic mass is 9.88. The molecule has 0 bridgehead atoms. The van der Waals surface area contributed by atoms with E-state index in [1.165, 1.54) is 57.1 Å². The number of alkyl halides is 3. The summed E-state index contributed by atoms with van der Waals surface area (Å²) >= 11 is 0. The third kappa shape index (κ3) is 52.2. The first kappa shape index (κ1) is 72.1. The Morgan fingerprint density at radius 1 is 0.514 bits per heavy atom. The summed E-state index contributed by atoms with van der Waals surface area (Å²) in [5.74, 6) is 0.691. The molecule has 2 heterocycles. The number of benzene rings is 2. The first-order valence-corrected chi connectivity index (χ1v) is 26.2. The lowest BCUT2D eigenvalue weighted by Crippen LogP contribution is -2.38. The van der Waals surface area contributed by atoms with Gasteiger partial charge in [0.2, 0.25) is 11.7 Å². The van der Waals surface area contributed by atoms with Gasteiger partial charge in [-0.05, 0) is 124 Å². The number of rotatable bonds is 9. The molecule has 0 atom stereocenters. The quantitative estimate of drug-likeness (QED) is 0.163. The van der Waals surface area contributed by atoms with Gasteiger partial charge in [-0.1, -0.05) is 191 Å². The van der Waals surface area contributed by atoms with E-state index in [4.69, 9.17) is 4.42 Å². The minimum atomic E-state index is -4.40. The van der Waals surface area contributed by atoms with Crippen LogP contribution in [0.1, 0.15) is 238 Å². The Labute approximate surface area is 440 Å². The molecule has 0 fully saturated rings. The molecular weight excluding hydrogens is 906 g/mol. The molecule has 0 aliphatic rings. The molecular formula is C63H107F3N2O4. The number of aryl methyl sites for hydroxylation is 2. The van der Waals surface area contributed by atoms with Crippen LogP contribution in [0.4, 0.5) is 13.2 Å². The minimum Gasteiger partial charge on any atom is -0.469 e. The zero-order valence-electron chi connectivity index (χ0n) is 50.3. The highest BCUT2D eigenvalue weighted by molar-refractivity contribution is 5.96. The first-order valence-electron chi connectivity index (χ1n) is 26.2. The van der Waals surface area contributed by atoms with Gasteiger partial charge in [-0.2, -0.15) is 13.2 Å². The summed E-state index contributed by atoms with van der Waals surface area (Å²) in [7, 11) is 0. The zero-order chi connectivity index (χ0) is 56.8. The van der Waals surface area contributed by atoms with Crippen molar-refractivity contribution in [2.45, 2.75) is 241 Å². The minimum absolute atomic E-state index is 0.0255. The molecule has 0 saturated carbocycles. The van der Waals surface area contributed by atoms with Crippen LogP contribution >= 0.6 is 0 Å². The number of hydrogen-bond acceptors (Lipinski definition) is 5. The number of Topliss-reactive ketones (excluding diaryl/α,β-unsaturated/α-hetero) is 1. The summed E-state index contributed by atoms with van der Waals surface area (Å²) in [6.07, 6.45) is 6.55. The Hall–Kier alpha value is -4.11. The van der Waals surface area contributed by atoms with Crippen molar-refractivity contribution < 1.29 is 31.6 Å². The van der Waals surface area contributed by atoms with Crippen LogP contribution < -0.4 is 10.6 Å². The van der Waals surface area contributed by atoms with Gasteiger partial charge >= 0.3 is 6.18 Å². The number of furan rings is 2. The Morgan fingerprint density at radius 2 is 0.972 bits per heavy atom. The molecule has 2 N–H and O–H groups in total. The van der Waals surface area contributed by atoms with Crippen molar-refractivity contribution in [2.24, 2.45) is 27.1 Å². The third-order valence-corrected chi connectivity index (χ3v) is 9.84. The molecule has 2 aromatic heterocycles. The maximum atomic E-state index is 12.2. The lowest BCUT2D eigenvalue weighted by Gasteiger charge is -2.19. The molecule has 0 aliphatic heterocycles. The van der Waals surface area contributed by atoms with Crippen molar-refractivity contribution >= 4 is 11.7 Å². The van der Waals surface area contributed by atoms with Gasteiger partial charge < -0.3 is 19.5 Å². The first-order chi connectivity index (χ1) is 32.4. The molecule has 2 aromatic carbocycles. The van der Waals surface area contributed by atoms with Crippen LogP contribution in [-0.4, -0.2) is 22.8 Å². The zero-order valence-corrected chi connectivity index (χ0v) is 50.3. The second-order valence-corrected chi connectivity index (χ2v) is 26.7. The van der Waals surface area contributed by atoms with E-state index in [0.717, 1.165) is 23.8 Å². The van der Waals surface area contributed by atoms with Crippen molar-refractivity contribution in [3.63, 3.8) is 0 Å². The maximum Gasteiger partial charge on any atom is 0.449 e. The molecule has 0 saturated heterocycles. The Bertz CT molecular complexity index is 1930. The Balaban J connectivity index is -0.000000787. The molecule has 0 spiro atoms. The van der Waals surface area contributed by atoms with Crippen LogP contribution in [0.2, 0.25) is 0 Å². The molecule has 9 heteroatoms. The van der Waals surface area contributed by atoms with Crippen molar-refractivity contribution in [1.82, 2.24) is 10.6 Å². The van der Waals surface area contributed by atoms with Crippen molar-refractivity contribution in [1.29, 1.82) is 0 Å². The van der Waals surface area contributed by atoms with Gasteiger partial charge in [0.15, 0.2) is 5.78 Å². The number of nitrogens with one attached hydrogen (secondary N) is 2. The number of carbonyl (C=O) groups excluding carboxylic acids is 2. The van der Waals surface area contributed by atoms with E-state index in [1.807, 2.05) is 84.0 Å². The van der Waals surface area contributed by atoms with E-state index in [0.29, 0.717) is 34.6 Å². The Kier molecular flexibility index (Phi) is 33.7. The summed E-state index contributed by atoms with van der Waals surface area (Å²) in [4.78, 5) is 22.0. The molecule has 0 unspecified atom stereocenters. The van der Waals surface area contributed by atoms with Gasteiger partial charge in [-0.15, -0.1) is 0 Å². The molecule has 6 nitrogen and oxygen atoms in total. The van der Waals surface area contributed by atoms with Crippen LogP contribution in [0.3, 0.4) is 0 Å². The summed E-state index contributed by atoms with van der Waals surface area (Å²) in [5.41, 5.74) is 4.08. The molecule has 0 aliphatic carbocycles. The monoisotopic (exact) mass is 1010 g/mol. The molecule has 4 aromatic rings. The molecule has 72 heavy (non-hydrogen) atoms. The summed E-state index contributed by atoms with van der Waals surface area (Å²) in [6, 6.07) is 26.4. The summed E-state index contributed by atoms with van der Waals surface area (Å²) in [5, 5.41) is 5.78. The Morgan fingerprint density at radius 3 is 1.28 bits per heavy atom. The highest BCUT2D eigenvalue weighted by Crippen LogP contribution is 2.31. The summed E-state index contributed by atoms with van der Waals surface area (Å²) < 4.78 is 46.4. The van der Waals surface area contributed by atoms with E-state index in [2.05, 4.69) is 163 Å². The fourth-order valence-electron chi connectivity index (χ4n) is 5.58. The van der Waals surface area contributed by atoms with Crippen molar-refractivity contribution in [3.8, 4) is 0 Å². The van der Waals surface area contributed by atoms with Gasteiger partial charge in [0, 0.05) is 36.4 Å². The van der Waals surface area contributed by atoms with Gasteiger partial charge in [-0.3, -0.25) is 9.59 Å². The topological polar surface area (TPSA) is 84.5 Å². The van der Waals surface area contributed by atoms with E-state index in [1.54, 1.807) is 6.26 Å². The van der Waals surface area contributed by atoms with Crippen molar-refractivity contribution in [3.05, 3.63) is 120 Å². The highest BCUT2D eigenvalue weighted by Gasteiger charge is 2.34. The van der Waals surface area contributed by atoms with Gasteiger partial charge in [-0.25, -0.2) is 0 Å². The van der Waals surface area contributed by atoms with E-state index < -0.39 is 11.9 Å². The number of halogens is 3. The van der Waals surface area contributed by atoms with Crippen LogP contribution in [-0.2, 0) is 30.4 Å². The number of ketones is 1. The van der Waals surface area contributed by atoms with Gasteiger partial charge in [0.1, 0.15) is 11.5 Å². The highest BCUT2D eigenvalue weighted by atomic mass is 19.4. The molecule has 0 radical (unpaired) electrons. The second-order valence-electron chi connectivity index (χ2n) is 26.7. The number of carbonyl (C=O) groups is 2. The van der Waals surface area contributed by atoms with E-state index in [9.17, 15) is 22.8 Å². The predicted octanol–water partition coefficient (Wildman–Crippen LogP) is 19.6. The standard InChI is InChI=1S/C12H16O.C12H18.C10H14F3NO.C10H16O.C7H16.C6H13NO.C6H14/c1-12(2,3)9-11(13)10-7-5-4-6-8-10;1-12(2,3)10-9-11-7-5-4-6-8-11;1-9(2,3)14-6-7-4-5-8(15-7)10(11,12)13;1-10(2,3)7-6-9-5-4-8-11-9;1-5-6-7(2,3)4;1-5(8)7-6(2,3)4;1-5-6(2,3)4/h4-8H,9H2,1-3H3;4-8H,9-10H2,1-3H3;4-5,14H,6H2,1-3H3;4-5,8H,6-7H2,1-3H3;5-6H2,1-4H3;1-4H3,(H,7,8);5H2,1-4H3. The largest absolute Gasteiger partial charge is 0.469 e. The third-order valence-electron chi connectivity index (χ3n) is 9.84. The van der Waals surface area contributed by atoms with Crippen LogP contribution in [0.25, 0.3) is 0 Å². The van der Waals surface area contributed by atoms with E-state index >= 15 is 0 Å². The van der Waals surface area contributed by atoms with E-state index in [-0.39, 0.29) is 33.9 Å². The SMILES string of the molecule is CC(=O)NC(C)(C)C.CC(C)(C)CC(=O)c1ccccc1.CC(C)(C)CCc1ccccc1.CC(C)(C)CCc1ccco1.CC(C)(C)NCc1ccc(C(F)(F)F)o1.CCC(C)(C)C.CCCC(C)(C)C. The number of hydrogen-bond donors (Lipinski definition) is 2. The fourth-order valence-corrected chi connectivity index (χ4v) is 5.58. The second kappa shape index (κ2) is 33.7. The van der Waals surface area contributed by atoms with Gasteiger partial charge in [0.05, 0.1) is 12.8 Å². The van der Waals surface area contributed by atoms with Crippen molar-refractivity contribution in [2.75, 3.05) is 0 Å². The smallest absolute Gasteiger partial charge is 0.449 e. The molecule has 4 rings (SSSR count). The van der Waals surface area contributed by atoms with Gasteiger partial charge in [0.25, 0.3) is 0 Å². The fraction of sp³-hybridized carbons (Fsp3) is 0.651. The average molecular weight is 1010 g/mol. The van der Waals surface area contributed by atoms with Crippen LogP contribution in [0, 0.1) is 27.1 Å². The molecule has 1 amide bonds. The predicted molar refractivity (Wildman–Crippen MR) is 304 cm³/mol. The normalized spacial score (nSPS) is 11.9. The van der Waals surface area contributed by atoms with Crippen LogP contribution in [0.5, 0.6) is 0 Å². The lowest BCUT2D eigenvalue weighted by molar-refractivity contribution is -0.153. The van der Waals surface area contributed by atoms with Crippen LogP contribution in [0.15, 0.2) is 100 Å². The summed E-state index contributed by atoms with van der Waals surface area (Å²) in [6.45, 7) is 51.3. The number of amides is 1. The molecule has 414 valence electrons.